The van der Waals surface area contributed by atoms with Gasteiger partial charge in [-0.25, -0.2) is 4.79 Å². The molecule has 210 valence electrons. The van der Waals surface area contributed by atoms with Gasteiger partial charge in [-0.15, -0.1) is 6.58 Å². The Morgan fingerprint density at radius 3 is 2.77 bits per heavy atom. The average Bonchev–Trinajstić information content (AvgIpc) is 3.02. The fourth-order valence-electron chi connectivity index (χ4n) is 6.81. The Labute approximate surface area is 238 Å². The molecule has 0 amide bonds. The Bertz CT molecular complexity index is 1250. The molecular formula is C33H42ClNO4. The predicted molar refractivity (Wildman–Crippen MR) is 157 cm³/mol. The van der Waals surface area contributed by atoms with Crippen LogP contribution < -0.4 is 9.64 Å². The normalized spacial score (nSPS) is 26.9. The second-order valence-corrected chi connectivity index (χ2v) is 13.5. The summed E-state index contributed by atoms with van der Waals surface area (Å²) in [5.74, 6) is 0.763. The monoisotopic (exact) mass is 551 g/mol. The number of carbonyl (C=O) groups is 1. The zero-order valence-corrected chi connectivity index (χ0v) is 24.5. The van der Waals surface area contributed by atoms with Gasteiger partial charge in [0.15, 0.2) is 0 Å². The van der Waals surface area contributed by atoms with E-state index < -0.39 is 11.7 Å². The number of carbonyl (C=O) groups excluding carboxylic acids is 1. The van der Waals surface area contributed by atoms with Crippen molar-refractivity contribution in [3.8, 4) is 5.75 Å². The fourth-order valence-corrected chi connectivity index (χ4v) is 7.01. The number of aliphatic hydroxyl groups is 1. The van der Waals surface area contributed by atoms with Crippen molar-refractivity contribution in [1.82, 2.24) is 0 Å². The number of esters is 1. The summed E-state index contributed by atoms with van der Waals surface area (Å²) < 4.78 is 12.3. The van der Waals surface area contributed by atoms with Gasteiger partial charge in [-0.05, 0) is 112 Å². The number of aliphatic hydroxyl groups excluding tert-OH is 1. The van der Waals surface area contributed by atoms with Crippen LogP contribution in [0.3, 0.4) is 0 Å². The summed E-state index contributed by atoms with van der Waals surface area (Å²) in [5, 5.41) is 11.8. The van der Waals surface area contributed by atoms with Crippen LogP contribution in [0.15, 0.2) is 49.1 Å². The number of hydrogen-bond donors (Lipinski definition) is 1. The van der Waals surface area contributed by atoms with Gasteiger partial charge in [0, 0.05) is 23.5 Å². The third kappa shape index (κ3) is 5.45. The highest BCUT2D eigenvalue weighted by atomic mass is 35.5. The summed E-state index contributed by atoms with van der Waals surface area (Å²) >= 11 is 6.40. The quantitative estimate of drug-likeness (QED) is 0.306. The van der Waals surface area contributed by atoms with Gasteiger partial charge >= 0.3 is 5.97 Å². The van der Waals surface area contributed by atoms with Crippen LogP contribution in [0, 0.1) is 11.3 Å². The lowest BCUT2D eigenvalue weighted by Gasteiger charge is -2.52. The van der Waals surface area contributed by atoms with Crippen LogP contribution in [0.25, 0.3) is 0 Å². The van der Waals surface area contributed by atoms with Gasteiger partial charge in [0.25, 0.3) is 0 Å². The molecule has 1 saturated carbocycles. The molecule has 1 heterocycles. The summed E-state index contributed by atoms with van der Waals surface area (Å²) in [6.07, 6.45) is 7.14. The number of rotatable bonds is 6. The molecule has 1 fully saturated rings. The second-order valence-electron chi connectivity index (χ2n) is 13.1. The van der Waals surface area contributed by atoms with E-state index in [0.717, 1.165) is 61.7 Å². The number of benzene rings is 2. The molecule has 1 unspecified atom stereocenters. The maximum absolute atomic E-state index is 13.0. The maximum Gasteiger partial charge on any atom is 0.338 e. The van der Waals surface area contributed by atoms with Crippen LogP contribution in [0.4, 0.5) is 5.69 Å². The SMILES string of the molecule is C=CCC(O)[C@]1(C)CC[C@H]1CN1C[C@@]2(CCCc3cc(Cl)ccc32)COc2ccc(C(=O)OC(C)(C)C)cc21. The van der Waals surface area contributed by atoms with Crippen molar-refractivity contribution in [1.29, 1.82) is 0 Å². The maximum atomic E-state index is 13.0. The molecule has 5 nitrogen and oxygen atoms in total. The summed E-state index contributed by atoms with van der Waals surface area (Å²) in [6.45, 7) is 13.8. The Morgan fingerprint density at radius 1 is 1.28 bits per heavy atom. The minimum Gasteiger partial charge on any atom is -0.490 e. The Hall–Kier alpha value is -2.50. The highest BCUT2D eigenvalue weighted by Gasteiger charge is 2.49. The molecular weight excluding hydrogens is 510 g/mol. The van der Waals surface area contributed by atoms with Crippen molar-refractivity contribution >= 4 is 23.3 Å². The van der Waals surface area contributed by atoms with Crippen molar-refractivity contribution in [2.24, 2.45) is 11.3 Å². The first-order valence-electron chi connectivity index (χ1n) is 14.3. The summed E-state index contributed by atoms with van der Waals surface area (Å²) in [7, 11) is 0. The van der Waals surface area contributed by atoms with Crippen LogP contribution in [0.5, 0.6) is 5.75 Å². The third-order valence-corrected chi connectivity index (χ3v) is 9.46. The van der Waals surface area contributed by atoms with Gasteiger partial charge in [0.1, 0.15) is 11.4 Å². The lowest BCUT2D eigenvalue weighted by Crippen LogP contribution is -2.53. The summed E-state index contributed by atoms with van der Waals surface area (Å²) in [4.78, 5) is 15.5. The first-order valence-corrected chi connectivity index (χ1v) is 14.6. The highest BCUT2D eigenvalue weighted by Crippen LogP contribution is 2.52. The van der Waals surface area contributed by atoms with E-state index >= 15 is 0 Å². The molecule has 2 aliphatic carbocycles. The van der Waals surface area contributed by atoms with Gasteiger partial charge in [0.2, 0.25) is 0 Å². The largest absolute Gasteiger partial charge is 0.490 e. The first-order chi connectivity index (χ1) is 18.4. The number of aryl methyl sites for hydroxylation is 1. The molecule has 3 aliphatic rings. The van der Waals surface area contributed by atoms with E-state index in [1.54, 1.807) is 6.07 Å². The number of anilines is 1. The Morgan fingerprint density at radius 2 is 2.08 bits per heavy atom. The molecule has 0 aromatic heterocycles. The van der Waals surface area contributed by atoms with E-state index in [1.165, 1.54) is 11.1 Å². The molecule has 1 spiro atoms. The van der Waals surface area contributed by atoms with Crippen molar-refractivity contribution in [2.75, 3.05) is 24.6 Å². The zero-order chi connectivity index (χ0) is 28.0. The Kier molecular flexibility index (Phi) is 7.54. The molecule has 4 atom stereocenters. The number of ether oxygens (including phenoxy) is 2. The first kappa shape index (κ1) is 28.0. The molecule has 1 aliphatic heterocycles. The van der Waals surface area contributed by atoms with Crippen LogP contribution in [0.2, 0.25) is 5.02 Å². The number of halogens is 1. The molecule has 5 rings (SSSR count). The van der Waals surface area contributed by atoms with E-state index in [2.05, 4.69) is 30.5 Å². The zero-order valence-electron chi connectivity index (χ0n) is 23.8. The van der Waals surface area contributed by atoms with Crippen LogP contribution in [0.1, 0.15) is 81.3 Å². The van der Waals surface area contributed by atoms with Crippen LogP contribution in [-0.4, -0.2) is 42.5 Å². The van der Waals surface area contributed by atoms with Gasteiger partial charge in [0.05, 0.1) is 24.0 Å². The minimum absolute atomic E-state index is 0.171. The topological polar surface area (TPSA) is 59.0 Å². The summed E-state index contributed by atoms with van der Waals surface area (Å²) in [6, 6.07) is 11.9. The molecule has 2 aromatic rings. The van der Waals surface area contributed by atoms with Crippen molar-refractivity contribution in [3.63, 3.8) is 0 Å². The predicted octanol–water partition coefficient (Wildman–Crippen LogP) is 7.12. The lowest BCUT2D eigenvalue weighted by atomic mass is 9.57. The second kappa shape index (κ2) is 10.5. The molecule has 1 N–H and O–H groups in total. The van der Waals surface area contributed by atoms with Gasteiger partial charge in [-0.1, -0.05) is 30.7 Å². The molecule has 0 saturated heterocycles. The highest BCUT2D eigenvalue weighted by molar-refractivity contribution is 6.30. The minimum atomic E-state index is -0.577. The van der Waals surface area contributed by atoms with Crippen molar-refractivity contribution in [2.45, 2.75) is 83.3 Å². The van der Waals surface area contributed by atoms with Gasteiger partial charge in [-0.3, -0.25) is 0 Å². The van der Waals surface area contributed by atoms with E-state index in [0.29, 0.717) is 24.5 Å². The number of hydrogen-bond acceptors (Lipinski definition) is 5. The third-order valence-electron chi connectivity index (χ3n) is 9.23. The molecule has 0 bridgehead atoms. The van der Waals surface area contributed by atoms with Gasteiger partial charge < -0.3 is 19.5 Å². The molecule has 6 heteroatoms. The summed E-state index contributed by atoms with van der Waals surface area (Å²) in [5.41, 5.74) is 3.11. The van der Waals surface area contributed by atoms with E-state index in [-0.39, 0.29) is 16.8 Å². The number of fused-ring (bicyclic) bond motifs is 3. The van der Waals surface area contributed by atoms with E-state index in [1.807, 2.05) is 45.0 Å². The smallest absolute Gasteiger partial charge is 0.338 e. The van der Waals surface area contributed by atoms with Crippen LogP contribution in [-0.2, 0) is 16.6 Å². The van der Waals surface area contributed by atoms with Crippen molar-refractivity contribution in [3.05, 3.63) is 70.8 Å². The average molecular weight is 552 g/mol. The van der Waals surface area contributed by atoms with Crippen molar-refractivity contribution < 1.29 is 19.4 Å². The number of nitrogens with zero attached hydrogens (tertiary/aromatic N) is 1. The molecule has 2 aromatic carbocycles. The standard InChI is InChI=1S/C33H42ClNO4/c1-6-8-29(36)32(5)16-14-24(32)19-35-20-33(15-7-9-22-17-25(34)11-12-26(22)33)21-38-28-13-10-23(18-27(28)35)30(37)39-31(2,3)4/h6,10-13,17-18,24,29,36H,1,7-9,14-16,19-21H2,2-5H3/t24-,29?,32+,33-/m0/s1. The molecule has 0 radical (unpaired) electrons. The van der Waals surface area contributed by atoms with E-state index in [4.69, 9.17) is 21.1 Å². The van der Waals surface area contributed by atoms with Crippen LogP contribution >= 0.6 is 11.6 Å². The Balaban J connectivity index is 1.54. The van der Waals surface area contributed by atoms with Gasteiger partial charge in [-0.2, -0.15) is 0 Å². The van der Waals surface area contributed by atoms with E-state index in [9.17, 15) is 9.90 Å². The fraction of sp³-hybridized carbons (Fsp3) is 0.545. The lowest BCUT2D eigenvalue weighted by molar-refractivity contribution is -0.0695. The molecule has 39 heavy (non-hydrogen) atoms.